The molecule has 0 saturated carbocycles. The number of aryl methyl sites for hydroxylation is 1. The summed E-state index contributed by atoms with van der Waals surface area (Å²) >= 11 is 6.07. The second kappa shape index (κ2) is 5.70. The molecule has 5 heteroatoms. The first kappa shape index (κ1) is 14.4. The van der Waals surface area contributed by atoms with Gasteiger partial charge in [0.05, 0.1) is 5.54 Å². The molecule has 4 nitrogen and oxygen atoms in total. The molecule has 112 valence electrons. The van der Waals surface area contributed by atoms with E-state index in [9.17, 15) is 4.79 Å². The van der Waals surface area contributed by atoms with E-state index in [1.807, 2.05) is 25.1 Å². The molecule has 2 heterocycles. The van der Waals surface area contributed by atoms with Gasteiger partial charge in [-0.2, -0.15) is 0 Å². The van der Waals surface area contributed by atoms with E-state index in [-0.39, 0.29) is 5.91 Å². The molecule has 0 bridgehead atoms. The van der Waals surface area contributed by atoms with Gasteiger partial charge in [-0.1, -0.05) is 11.6 Å². The van der Waals surface area contributed by atoms with Crippen molar-refractivity contribution in [2.24, 2.45) is 0 Å². The average Bonchev–Trinajstić information content (AvgIpc) is 2.91. The van der Waals surface area contributed by atoms with E-state index in [1.165, 1.54) is 0 Å². The van der Waals surface area contributed by atoms with Crippen LogP contribution >= 0.6 is 11.6 Å². The van der Waals surface area contributed by atoms with Crippen molar-refractivity contribution in [3.63, 3.8) is 0 Å². The first-order valence-electron chi connectivity index (χ1n) is 7.08. The molecule has 1 aliphatic heterocycles. The summed E-state index contributed by atoms with van der Waals surface area (Å²) in [6.45, 7) is 3.25. The fourth-order valence-electron chi connectivity index (χ4n) is 2.63. The SMILES string of the molecule is Cc1ccc2oc(C(=O)NC3(CCl)CCOCC3)cc2c1. The summed E-state index contributed by atoms with van der Waals surface area (Å²) in [6.07, 6.45) is 1.45. The van der Waals surface area contributed by atoms with Gasteiger partial charge in [0.1, 0.15) is 5.58 Å². The lowest BCUT2D eigenvalue weighted by molar-refractivity contribution is 0.0426. The molecule has 1 fully saturated rings. The summed E-state index contributed by atoms with van der Waals surface area (Å²) in [5.74, 6) is 0.486. The number of amides is 1. The van der Waals surface area contributed by atoms with Crippen LogP contribution in [0.15, 0.2) is 28.7 Å². The van der Waals surface area contributed by atoms with Gasteiger partial charge in [0.15, 0.2) is 5.76 Å². The van der Waals surface area contributed by atoms with Gasteiger partial charge < -0.3 is 14.5 Å². The van der Waals surface area contributed by atoms with E-state index in [2.05, 4.69) is 5.32 Å². The standard InChI is InChI=1S/C16H18ClNO3/c1-11-2-3-13-12(8-11)9-14(21-13)15(19)18-16(10-17)4-6-20-7-5-16/h2-3,8-9H,4-7,10H2,1H3,(H,18,19). The predicted molar refractivity (Wildman–Crippen MR) is 81.9 cm³/mol. The highest BCUT2D eigenvalue weighted by atomic mass is 35.5. The van der Waals surface area contributed by atoms with Crippen LogP contribution in [0.1, 0.15) is 29.0 Å². The second-order valence-corrected chi connectivity index (χ2v) is 5.90. The summed E-state index contributed by atoms with van der Waals surface area (Å²) in [6, 6.07) is 7.62. The van der Waals surface area contributed by atoms with E-state index >= 15 is 0 Å². The van der Waals surface area contributed by atoms with Crippen molar-refractivity contribution in [1.82, 2.24) is 5.32 Å². The average molecular weight is 308 g/mol. The van der Waals surface area contributed by atoms with Crippen molar-refractivity contribution < 1.29 is 13.9 Å². The maximum Gasteiger partial charge on any atom is 0.287 e. The van der Waals surface area contributed by atoms with Gasteiger partial charge in [-0.15, -0.1) is 11.6 Å². The third kappa shape index (κ3) is 2.92. The van der Waals surface area contributed by atoms with Crippen molar-refractivity contribution in [1.29, 1.82) is 0 Å². The fraction of sp³-hybridized carbons (Fsp3) is 0.438. The summed E-state index contributed by atoms with van der Waals surface area (Å²) in [7, 11) is 0. The van der Waals surface area contributed by atoms with E-state index in [0.717, 1.165) is 29.4 Å². The molecular formula is C16H18ClNO3. The first-order chi connectivity index (χ1) is 10.1. The number of hydrogen-bond acceptors (Lipinski definition) is 3. The lowest BCUT2D eigenvalue weighted by Crippen LogP contribution is -2.53. The molecule has 1 aromatic heterocycles. The molecule has 1 aromatic carbocycles. The summed E-state index contributed by atoms with van der Waals surface area (Å²) in [4.78, 5) is 12.4. The number of fused-ring (bicyclic) bond motifs is 1. The van der Waals surface area contributed by atoms with Crippen molar-refractivity contribution in [2.45, 2.75) is 25.3 Å². The molecule has 21 heavy (non-hydrogen) atoms. The zero-order chi connectivity index (χ0) is 14.9. The topological polar surface area (TPSA) is 51.5 Å². The summed E-state index contributed by atoms with van der Waals surface area (Å²) in [5.41, 5.74) is 1.46. The predicted octanol–water partition coefficient (Wildman–Crippen LogP) is 3.26. The highest BCUT2D eigenvalue weighted by molar-refractivity contribution is 6.19. The number of rotatable bonds is 3. The third-order valence-corrected chi connectivity index (χ3v) is 4.49. The molecule has 1 N–H and O–H groups in total. The third-order valence-electron chi connectivity index (χ3n) is 3.98. The largest absolute Gasteiger partial charge is 0.451 e. The van der Waals surface area contributed by atoms with Crippen LogP contribution in [-0.2, 0) is 4.74 Å². The van der Waals surface area contributed by atoms with Crippen LogP contribution in [0.5, 0.6) is 0 Å². The van der Waals surface area contributed by atoms with Crippen LogP contribution in [0.2, 0.25) is 0 Å². The van der Waals surface area contributed by atoms with Crippen LogP contribution < -0.4 is 5.32 Å². The second-order valence-electron chi connectivity index (χ2n) is 5.63. The van der Waals surface area contributed by atoms with Crippen LogP contribution in [0, 0.1) is 6.92 Å². The Morgan fingerprint density at radius 3 is 2.81 bits per heavy atom. The minimum absolute atomic E-state index is 0.216. The van der Waals surface area contributed by atoms with Crippen molar-refractivity contribution in [2.75, 3.05) is 19.1 Å². The fourth-order valence-corrected chi connectivity index (χ4v) is 2.97. The number of halogens is 1. The number of carbonyl (C=O) groups excluding carboxylic acids is 1. The van der Waals surface area contributed by atoms with Gasteiger partial charge in [-0.25, -0.2) is 0 Å². The van der Waals surface area contributed by atoms with Gasteiger partial charge in [0.2, 0.25) is 0 Å². The quantitative estimate of drug-likeness (QED) is 0.886. The highest BCUT2D eigenvalue weighted by Gasteiger charge is 2.34. The van der Waals surface area contributed by atoms with Gasteiger partial charge >= 0.3 is 0 Å². The monoisotopic (exact) mass is 307 g/mol. The van der Waals surface area contributed by atoms with Crippen LogP contribution in [0.3, 0.4) is 0 Å². The maximum absolute atomic E-state index is 12.4. The van der Waals surface area contributed by atoms with E-state index < -0.39 is 5.54 Å². The maximum atomic E-state index is 12.4. The van der Waals surface area contributed by atoms with Gasteiger partial charge in [-0.3, -0.25) is 4.79 Å². The van der Waals surface area contributed by atoms with E-state index in [1.54, 1.807) is 6.07 Å². The normalized spacial score (nSPS) is 17.8. The number of nitrogens with one attached hydrogen (secondary N) is 1. The Morgan fingerprint density at radius 2 is 2.10 bits per heavy atom. The van der Waals surface area contributed by atoms with Gasteiger partial charge in [-0.05, 0) is 38.0 Å². The zero-order valence-corrected chi connectivity index (χ0v) is 12.7. The number of alkyl halides is 1. The lowest BCUT2D eigenvalue weighted by atomic mass is 9.92. The van der Waals surface area contributed by atoms with Crippen molar-refractivity contribution in [3.05, 3.63) is 35.6 Å². The molecule has 0 atom stereocenters. The molecular weight excluding hydrogens is 290 g/mol. The number of benzene rings is 1. The Morgan fingerprint density at radius 1 is 1.33 bits per heavy atom. The number of ether oxygens (including phenoxy) is 1. The smallest absolute Gasteiger partial charge is 0.287 e. The van der Waals surface area contributed by atoms with Gasteiger partial charge in [0.25, 0.3) is 5.91 Å². The zero-order valence-electron chi connectivity index (χ0n) is 11.9. The Bertz CT molecular complexity index is 659. The van der Waals surface area contributed by atoms with E-state index in [0.29, 0.717) is 24.9 Å². The number of carbonyl (C=O) groups is 1. The molecule has 1 saturated heterocycles. The summed E-state index contributed by atoms with van der Waals surface area (Å²) in [5, 5.41) is 3.97. The molecule has 0 radical (unpaired) electrons. The highest BCUT2D eigenvalue weighted by Crippen LogP contribution is 2.25. The number of furan rings is 1. The molecule has 0 aliphatic carbocycles. The minimum Gasteiger partial charge on any atom is -0.451 e. The molecule has 0 unspecified atom stereocenters. The van der Waals surface area contributed by atoms with E-state index in [4.69, 9.17) is 20.8 Å². The molecule has 1 amide bonds. The Kier molecular flexibility index (Phi) is 3.91. The Hall–Kier alpha value is -1.52. The Labute approximate surface area is 128 Å². The molecule has 3 rings (SSSR count). The van der Waals surface area contributed by atoms with Crippen LogP contribution in [0.4, 0.5) is 0 Å². The summed E-state index contributed by atoms with van der Waals surface area (Å²) < 4.78 is 11.0. The van der Waals surface area contributed by atoms with Crippen molar-refractivity contribution >= 4 is 28.5 Å². The van der Waals surface area contributed by atoms with Crippen molar-refractivity contribution in [3.8, 4) is 0 Å². The molecule has 0 spiro atoms. The first-order valence-corrected chi connectivity index (χ1v) is 7.62. The lowest BCUT2D eigenvalue weighted by Gasteiger charge is -2.35. The minimum atomic E-state index is -0.397. The van der Waals surface area contributed by atoms with Crippen LogP contribution in [0.25, 0.3) is 11.0 Å². The van der Waals surface area contributed by atoms with Crippen LogP contribution in [-0.4, -0.2) is 30.5 Å². The van der Waals surface area contributed by atoms with Gasteiger partial charge in [0, 0.05) is 24.5 Å². The Balaban J connectivity index is 1.82. The molecule has 2 aromatic rings. The number of hydrogen-bond donors (Lipinski definition) is 1. The molecule has 1 aliphatic rings.